The summed E-state index contributed by atoms with van der Waals surface area (Å²) in [6.45, 7) is 6.56. The predicted molar refractivity (Wildman–Crippen MR) is 116 cm³/mol. The van der Waals surface area contributed by atoms with Gasteiger partial charge in [-0.25, -0.2) is 4.98 Å². The Hall–Kier alpha value is -2.32. The fourth-order valence-corrected chi connectivity index (χ4v) is 3.86. The number of benzene rings is 1. The zero-order valence-corrected chi connectivity index (χ0v) is 18.1. The Kier molecular flexibility index (Phi) is 6.97. The number of halogens is 1. The maximum Gasteiger partial charge on any atom is 0.262 e. The molecule has 0 bridgehead atoms. The van der Waals surface area contributed by atoms with Crippen LogP contribution in [0.3, 0.4) is 0 Å². The lowest BCUT2D eigenvalue weighted by Gasteiger charge is -2.14. The Bertz CT molecular complexity index is 1080. The zero-order valence-electron chi connectivity index (χ0n) is 16.6. The van der Waals surface area contributed by atoms with Gasteiger partial charge in [0.05, 0.1) is 10.9 Å². The van der Waals surface area contributed by atoms with Crippen LogP contribution < -0.4 is 10.9 Å². The van der Waals surface area contributed by atoms with Crippen molar-refractivity contribution >= 4 is 46.0 Å². The number of rotatable bonds is 8. The van der Waals surface area contributed by atoms with E-state index in [1.807, 2.05) is 0 Å². The number of amides is 1. The summed E-state index contributed by atoms with van der Waals surface area (Å²) in [5.74, 6) is 1.78. The van der Waals surface area contributed by atoms with Crippen molar-refractivity contribution in [3.05, 3.63) is 45.4 Å². The van der Waals surface area contributed by atoms with Crippen molar-refractivity contribution in [3.63, 3.8) is 0 Å². The average molecular weight is 435 g/mol. The van der Waals surface area contributed by atoms with E-state index < -0.39 is 0 Å². The first-order valence-electron chi connectivity index (χ1n) is 9.39. The number of fused-ring (bicyclic) bond motifs is 1. The molecule has 2 heterocycles. The second kappa shape index (κ2) is 9.45. The first kappa shape index (κ1) is 21.4. The normalized spacial score (nSPS) is 11.3. The van der Waals surface area contributed by atoms with Crippen molar-refractivity contribution in [3.8, 4) is 0 Å². The van der Waals surface area contributed by atoms with Crippen LogP contribution in [0.5, 0.6) is 0 Å². The Balaban J connectivity index is 1.76. The first-order valence-corrected chi connectivity index (χ1v) is 10.8. The molecule has 1 aromatic carbocycles. The van der Waals surface area contributed by atoms with E-state index in [1.54, 1.807) is 35.8 Å². The highest BCUT2D eigenvalue weighted by Gasteiger charge is 2.14. The largest absolute Gasteiger partial charge is 0.360 e. The molecule has 9 heteroatoms. The molecule has 0 radical (unpaired) electrons. The summed E-state index contributed by atoms with van der Waals surface area (Å²) in [6, 6.07) is 6.75. The van der Waals surface area contributed by atoms with Crippen LogP contribution in [0.2, 0.25) is 5.02 Å². The van der Waals surface area contributed by atoms with E-state index in [0.29, 0.717) is 50.9 Å². The molecule has 0 aliphatic rings. The van der Waals surface area contributed by atoms with E-state index in [1.165, 1.54) is 11.8 Å². The number of hydrogen-bond donors (Lipinski definition) is 1. The Morgan fingerprint density at radius 1 is 1.34 bits per heavy atom. The SMILES string of the molecule is Cc1cc(NC(=O)CCSc2nc3cc(Cl)ccc3c(=O)n2CCC(C)C)no1. The lowest BCUT2D eigenvalue weighted by Crippen LogP contribution is -2.24. The molecule has 0 spiro atoms. The number of aromatic nitrogens is 3. The van der Waals surface area contributed by atoms with Gasteiger partial charge in [0.15, 0.2) is 11.0 Å². The highest BCUT2D eigenvalue weighted by atomic mass is 35.5. The third kappa shape index (κ3) is 5.61. The smallest absolute Gasteiger partial charge is 0.262 e. The van der Waals surface area contributed by atoms with E-state index in [9.17, 15) is 9.59 Å². The fourth-order valence-electron chi connectivity index (χ4n) is 2.73. The van der Waals surface area contributed by atoms with Gasteiger partial charge in [-0.15, -0.1) is 0 Å². The van der Waals surface area contributed by atoms with Gasteiger partial charge in [0.25, 0.3) is 5.56 Å². The van der Waals surface area contributed by atoms with Gasteiger partial charge in [-0.05, 0) is 37.5 Å². The van der Waals surface area contributed by atoms with Crippen LogP contribution >= 0.6 is 23.4 Å². The quantitative estimate of drug-likeness (QED) is 0.414. The molecule has 154 valence electrons. The van der Waals surface area contributed by atoms with Gasteiger partial charge in [-0.3, -0.25) is 14.2 Å². The molecule has 2 aromatic heterocycles. The molecule has 1 N–H and O–H groups in total. The third-order valence-corrected chi connectivity index (χ3v) is 5.48. The summed E-state index contributed by atoms with van der Waals surface area (Å²) in [6.07, 6.45) is 1.12. The van der Waals surface area contributed by atoms with Gasteiger partial charge < -0.3 is 9.84 Å². The van der Waals surface area contributed by atoms with Crippen molar-refractivity contribution in [2.24, 2.45) is 5.92 Å². The average Bonchev–Trinajstić information content (AvgIpc) is 3.05. The van der Waals surface area contributed by atoms with Gasteiger partial charge in [0, 0.05) is 29.8 Å². The maximum absolute atomic E-state index is 13.0. The Morgan fingerprint density at radius 2 is 2.14 bits per heavy atom. The minimum atomic E-state index is -0.175. The topological polar surface area (TPSA) is 90.0 Å². The third-order valence-electron chi connectivity index (χ3n) is 4.27. The lowest BCUT2D eigenvalue weighted by molar-refractivity contribution is -0.115. The lowest BCUT2D eigenvalue weighted by atomic mass is 10.1. The van der Waals surface area contributed by atoms with E-state index >= 15 is 0 Å². The summed E-state index contributed by atoms with van der Waals surface area (Å²) in [4.78, 5) is 29.7. The second-order valence-corrected chi connectivity index (χ2v) is 8.66. The molecule has 0 saturated heterocycles. The van der Waals surface area contributed by atoms with Gasteiger partial charge >= 0.3 is 0 Å². The van der Waals surface area contributed by atoms with Crippen LogP contribution in [-0.2, 0) is 11.3 Å². The summed E-state index contributed by atoms with van der Waals surface area (Å²) >= 11 is 7.45. The molecule has 1 amide bonds. The monoisotopic (exact) mass is 434 g/mol. The number of aryl methyl sites for hydroxylation is 1. The van der Waals surface area contributed by atoms with Crippen molar-refractivity contribution in [2.75, 3.05) is 11.1 Å². The second-order valence-electron chi connectivity index (χ2n) is 7.16. The fraction of sp³-hybridized carbons (Fsp3) is 0.400. The van der Waals surface area contributed by atoms with Gasteiger partial charge in [-0.2, -0.15) is 0 Å². The van der Waals surface area contributed by atoms with E-state index in [2.05, 4.69) is 29.3 Å². The molecular formula is C20H23ClN4O3S. The van der Waals surface area contributed by atoms with Gasteiger partial charge in [0.2, 0.25) is 5.91 Å². The minimum absolute atomic E-state index is 0.0858. The minimum Gasteiger partial charge on any atom is -0.360 e. The van der Waals surface area contributed by atoms with Crippen LogP contribution in [-0.4, -0.2) is 26.4 Å². The van der Waals surface area contributed by atoms with Gasteiger partial charge in [-0.1, -0.05) is 42.4 Å². The predicted octanol–water partition coefficient (Wildman–Crippen LogP) is 4.51. The molecule has 0 atom stereocenters. The summed E-state index contributed by atoms with van der Waals surface area (Å²) in [5, 5.41) is 8.10. The number of carbonyl (C=O) groups is 1. The molecule has 29 heavy (non-hydrogen) atoms. The number of thioether (sulfide) groups is 1. The van der Waals surface area contributed by atoms with Gasteiger partial charge in [0.1, 0.15) is 5.76 Å². The van der Waals surface area contributed by atoms with Crippen molar-refractivity contribution in [1.29, 1.82) is 0 Å². The van der Waals surface area contributed by atoms with Crippen LogP contribution in [0.25, 0.3) is 10.9 Å². The van der Waals surface area contributed by atoms with Crippen molar-refractivity contribution < 1.29 is 9.32 Å². The number of nitrogens with one attached hydrogen (secondary N) is 1. The molecule has 0 fully saturated rings. The molecule has 3 aromatic rings. The first-order chi connectivity index (χ1) is 13.8. The Labute approximate surface area is 177 Å². The van der Waals surface area contributed by atoms with Crippen LogP contribution in [0.15, 0.2) is 38.7 Å². The highest BCUT2D eigenvalue weighted by Crippen LogP contribution is 2.22. The zero-order chi connectivity index (χ0) is 21.0. The van der Waals surface area contributed by atoms with Crippen LogP contribution in [0.4, 0.5) is 5.82 Å². The summed E-state index contributed by atoms with van der Waals surface area (Å²) in [7, 11) is 0. The maximum atomic E-state index is 13.0. The van der Waals surface area contributed by atoms with Crippen molar-refractivity contribution in [1.82, 2.24) is 14.7 Å². The van der Waals surface area contributed by atoms with E-state index in [0.717, 1.165) is 6.42 Å². The number of hydrogen-bond acceptors (Lipinski definition) is 6. The Morgan fingerprint density at radius 3 is 2.83 bits per heavy atom. The molecular weight excluding hydrogens is 412 g/mol. The number of nitrogens with zero attached hydrogens (tertiary/aromatic N) is 3. The summed E-state index contributed by atoms with van der Waals surface area (Å²) < 4.78 is 6.63. The summed E-state index contributed by atoms with van der Waals surface area (Å²) in [5.41, 5.74) is 0.477. The number of carbonyl (C=O) groups excluding carboxylic acids is 1. The van der Waals surface area contributed by atoms with Crippen LogP contribution in [0.1, 0.15) is 32.4 Å². The highest BCUT2D eigenvalue weighted by molar-refractivity contribution is 7.99. The molecule has 0 aliphatic heterocycles. The van der Waals surface area contributed by atoms with Crippen LogP contribution in [0, 0.1) is 12.8 Å². The van der Waals surface area contributed by atoms with Crippen molar-refractivity contribution in [2.45, 2.75) is 45.3 Å². The molecule has 0 saturated carbocycles. The molecule has 7 nitrogen and oxygen atoms in total. The van der Waals surface area contributed by atoms with E-state index in [4.69, 9.17) is 16.1 Å². The molecule has 0 unspecified atom stereocenters. The van der Waals surface area contributed by atoms with E-state index in [-0.39, 0.29) is 17.9 Å². The standard InChI is InChI=1S/C20H23ClN4O3S/c1-12(2)6-8-25-19(27)15-5-4-14(21)11-16(15)22-20(25)29-9-7-18(26)23-17-10-13(3)28-24-17/h4-5,10-12H,6-9H2,1-3H3,(H,23,24,26). The molecule has 3 rings (SSSR count). The number of anilines is 1. The molecule has 0 aliphatic carbocycles.